The van der Waals surface area contributed by atoms with Crippen LogP contribution in [0.3, 0.4) is 0 Å². The Balaban J connectivity index is 2.03. The molecule has 0 aromatic heterocycles. The van der Waals surface area contributed by atoms with Crippen molar-refractivity contribution >= 4 is 14.8 Å². The van der Waals surface area contributed by atoms with Gasteiger partial charge in [-0.2, -0.15) is 0 Å². The molecule has 0 aliphatic carbocycles. The first-order valence-electron chi connectivity index (χ1n) is 8.81. The van der Waals surface area contributed by atoms with Gasteiger partial charge in [0.1, 0.15) is 12.2 Å². The van der Waals surface area contributed by atoms with E-state index in [0.29, 0.717) is 0 Å². The van der Waals surface area contributed by atoms with Crippen LogP contribution < -0.4 is 0 Å². The first kappa shape index (κ1) is 17.5. The lowest BCUT2D eigenvalue weighted by molar-refractivity contribution is -0.418. The van der Waals surface area contributed by atoms with Gasteiger partial charge >= 0.3 is 0 Å². The summed E-state index contributed by atoms with van der Waals surface area (Å²) in [5.41, 5.74) is 6.39. The Labute approximate surface area is 153 Å². The number of hydrogen-bond donors (Lipinski definition) is 0. The number of hydrogen-bond acceptors (Lipinski definition) is 0. The van der Waals surface area contributed by atoms with Gasteiger partial charge in [-0.15, -0.1) is 6.08 Å². The second-order valence-electron chi connectivity index (χ2n) is 7.87. The minimum atomic E-state index is -1.34. The molecule has 0 amide bonds. The highest BCUT2D eigenvalue weighted by Crippen LogP contribution is 2.33. The molecule has 2 heteroatoms. The van der Waals surface area contributed by atoms with Gasteiger partial charge in [0.2, 0.25) is 0 Å². The minimum absolute atomic E-state index is 1.16. The molecule has 1 nitrogen and oxygen atoms in total. The minimum Gasteiger partial charge on any atom is -0.255 e. The average Bonchev–Trinajstić information content (AvgIpc) is 2.55. The zero-order chi connectivity index (χ0) is 18.2. The van der Waals surface area contributed by atoms with Crippen molar-refractivity contribution in [2.45, 2.75) is 33.5 Å². The molecule has 0 spiro atoms. The number of benzene rings is 2. The molecular formula is C23H27NSi. The van der Waals surface area contributed by atoms with Crippen LogP contribution in [-0.2, 0) is 0 Å². The van der Waals surface area contributed by atoms with Gasteiger partial charge in [-0.3, -0.25) is 4.58 Å². The van der Waals surface area contributed by atoms with Crippen LogP contribution in [0.1, 0.15) is 16.7 Å². The lowest BCUT2D eigenvalue weighted by Gasteiger charge is -2.26. The quantitative estimate of drug-likeness (QED) is 0.370. The summed E-state index contributed by atoms with van der Waals surface area (Å²) in [5, 5.41) is 1.43. The normalized spacial score (nSPS) is 14.7. The summed E-state index contributed by atoms with van der Waals surface area (Å²) in [7, 11) is -1.34. The molecule has 0 unspecified atom stereocenters. The fourth-order valence-electron chi connectivity index (χ4n) is 3.29. The van der Waals surface area contributed by atoms with Gasteiger partial charge in [0.15, 0.2) is 0 Å². The molecule has 0 bridgehead atoms. The largest absolute Gasteiger partial charge is 0.255 e. The zero-order valence-corrected chi connectivity index (χ0v) is 16.9. The Morgan fingerprint density at radius 2 is 1.64 bits per heavy atom. The van der Waals surface area contributed by atoms with Gasteiger partial charge in [0.05, 0.1) is 14.8 Å². The lowest BCUT2D eigenvalue weighted by atomic mass is 9.91. The molecule has 3 rings (SSSR count). The van der Waals surface area contributed by atoms with Gasteiger partial charge in [-0.1, -0.05) is 85.4 Å². The van der Waals surface area contributed by atoms with Crippen LogP contribution in [-0.4, -0.2) is 19.4 Å². The molecule has 2 aromatic carbocycles. The third-order valence-electron chi connectivity index (χ3n) is 4.82. The SMILES string of the molecule is C=[N+]1C=C([Si](C)(C)C)C=C[C-]1c1cc(-c2ccccc2)c(C)cc1C. The number of allylic oxidation sites excluding steroid dienone is 2. The molecule has 0 radical (unpaired) electrons. The van der Waals surface area contributed by atoms with Crippen molar-refractivity contribution in [1.29, 1.82) is 0 Å². The summed E-state index contributed by atoms with van der Waals surface area (Å²) < 4.78 is 2.04. The highest BCUT2D eigenvalue weighted by Gasteiger charge is 2.24. The van der Waals surface area contributed by atoms with Gasteiger partial charge in [-0.25, -0.2) is 0 Å². The maximum absolute atomic E-state index is 4.28. The summed E-state index contributed by atoms with van der Waals surface area (Å²) in [6, 6.07) is 16.4. The summed E-state index contributed by atoms with van der Waals surface area (Å²) in [4.78, 5) is 0. The predicted octanol–water partition coefficient (Wildman–Crippen LogP) is 5.89. The van der Waals surface area contributed by atoms with Crippen molar-refractivity contribution in [3.63, 3.8) is 0 Å². The van der Waals surface area contributed by atoms with Crippen LogP contribution in [0.2, 0.25) is 19.6 Å². The third kappa shape index (κ3) is 3.54. The topological polar surface area (TPSA) is 3.01 Å². The highest BCUT2D eigenvalue weighted by molar-refractivity contribution is 6.83. The van der Waals surface area contributed by atoms with Crippen molar-refractivity contribution in [3.05, 3.63) is 88.7 Å². The Bertz CT molecular complexity index is 867. The van der Waals surface area contributed by atoms with E-state index in [2.05, 4.69) is 101 Å². The second kappa shape index (κ2) is 6.53. The van der Waals surface area contributed by atoms with E-state index in [1.165, 1.54) is 33.0 Å². The Morgan fingerprint density at radius 1 is 0.960 bits per heavy atom. The van der Waals surface area contributed by atoms with E-state index in [1.54, 1.807) is 0 Å². The van der Waals surface area contributed by atoms with Crippen molar-refractivity contribution in [2.75, 3.05) is 0 Å². The maximum Gasteiger partial charge on any atom is 0.147 e. The number of rotatable bonds is 3. The number of aryl methyl sites for hydroxylation is 2. The van der Waals surface area contributed by atoms with Gasteiger partial charge in [-0.05, 0) is 29.7 Å². The van der Waals surface area contributed by atoms with Crippen molar-refractivity contribution < 1.29 is 4.58 Å². The summed E-state index contributed by atoms with van der Waals surface area (Å²) in [5.74, 6) is 0. The zero-order valence-electron chi connectivity index (χ0n) is 15.9. The third-order valence-corrected chi connectivity index (χ3v) is 6.85. The first-order chi connectivity index (χ1) is 11.8. The molecule has 2 aromatic rings. The van der Waals surface area contributed by atoms with E-state index >= 15 is 0 Å². The van der Waals surface area contributed by atoms with E-state index in [1.807, 2.05) is 4.58 Å². The van der Waals surface area contributed by atoms with E-state index in [-0.39, 0.29) is 0 Å². The summed E-state index contributed by atoms with van der Waals surface area (Å²) >= 11 is 0. The molecule has 0 atom stereocenters. The van der Waals surface area contributed by atoms with E-state index < -0.39 is 8.07 Å². The predicted molar refractivity (Wildman–Crippen MR) is 112 cm³/mol. The molecule has 1 heterocycles. The second-order valence-corrected chi connectivity index (χ2v) is 12.9. The van der Waals surface area contributed by atoms with Crippen molar-refractivity contribution in [1.82, 2.24) is 0 Å². The van der Waals surface area contributed by atoms with Crippen LogP contribution in [0.25, 0.3) is 11.1 Å². The molecule has 0 N–H and O–H groups in total. The standard InChI is InChI=1S/C23H27NSi/c1-17-14-18(2)22(15-21(17)19-10-8-7-9-11-19)23-13-12-20(16-24(23)3)25(4,5)6/h7-16H,3H2,1-2,4-6H3. The molecule has 0 saturated heterocycles. The fourth-order valence-corrected chi connectivity index (χ4v) is 4.42. The Hall–Kier alpha value is -2.32. The molecule has 1 aliphatic rings. The molecule has 1 aliphatic heterocycles. The smallest absolute Gasteiger partial charge is 0.147 e. The van der Waals surface area contributed by atoms with Crippen molar-refractivity contribution in [3.8, 4) is 11.1 Å². The summed E-state index contributed by atoms with van der Waals surface area (Å²) in [6.07, 6.45) is 6.72. The van der Waals surface area contributed by atoms with Crippen LogP contribution >= 0.6 is 0 Å². The Morgan fingerprint density at radius 3 is 2.24 bits per heavy atom. The maximum atomic E-state index is 4.28. The first-order valence-corrected chi connectivity index (χ1v) is 12.3. The summed E-state index contributed by atoms with van der Waals surface area (Å²) in [6.45, 7) is 15.7. The molecule has 25 heavy (non-hydrogen) atoms. The van der Waals surface area contributed by atoms with Crippen LogP contribution in [0.4, 0.5) is 0 Å². The fraction of sp³-hybridized carbons (Fsp3) is 0.217. The van der Waals surface area contributed by atoms with Crippen LogP contribution in [0, 0.1) is 19.9 Å². The van der Waals surface area contributed by atoms with Gasteiger partial charge in [0, 0.05) is 0 Å². The molecular weight excluding hydrogens is 318 g/mol. The van der Waals surface area contributed by atoms with E-state index in [9.17, 15) is 0 Å². The lowest BCUT2D eigenvalue weighted by Crippen LogP contribution is -2.27. The molecule has 128 valence electrons. The van der Waals surface area contributed by atoms with Gasteiger partial charge < -0.3 is 0 Å². The molecule has 0 saturated carbocycles. The number of nitrogens with zero attached hydrogens (tertiary/aromatic N) is 1. The van der Waals surface area contributed by atoms with E-state index in [4.69, 9.17) is 0 Å². The van der Waals surface area contributed by atoms with Crippen molar-refractivity contribution in [2.24, 2.45) is 0 Å². The van der Waals surface area contributed by atoms with E-state index in [0.717, 1.165) is 6.04 Å². The highest BCUT2D eigenvalue weighted by atomic mass is 28.3. The molecule has 0 fully saturated rings. The van der Waals surface area contributed by atoms with Crippen LogP contribution in [0.15, 0.2) is 66.0 Å². The van der Waals surface area contributed by atoms with Gasteiger partial charge in [0.25, 0.3) is 0 Å². The average molecular weight is 346 g/mol. The monoisotopic (exact) mass is 345 g/mol. The van der Waals surface area contributed by atoms with Crippen LogP contribution in [0.5, 0.6) is 0 Å². The Kier molecular flexibility index (Phi) is 4.57.